The molecule has 2 rings (SSSR count). The standard InChI is InChI=1S/C11H13FN2S/c12-10-4-2-1-3-8(10)7-13-11(15)14-9-5-6-9/h1-4,9H,5-7H2,(H2,13,14,15). The summed E-state index contributed by atoms with van der Waals surface area (Å²) in [6.07, 6.45) is 2.36. The summed E-state index contributed by atoms with van der Waals surface area (Å²) in [5.41, 5.74) is 0.637. The zero-order valence-electron chi connectivity index (χ0n) is 8.29. The van der Waals surface area contributed by atoms with Gasteiger partial charge in [-0.05, 0) is 31.1 Å². The number of benzene rings is 1. The number of hydrogen-bond donors (Lipinski definition) is 2. The Kier molecular flexibility index (Phi) is 3.16. The molecule has 80 valence electrons. The molecule has 0 radical (unpaired) electrons. The van der Waals surface area contributed by atoms with E-state index >= 15 is 0 Å². The molecule has 15 heavy (non-hydrogen) atoms. The van der Waals surface area contributed by atoms with Crippen molar-refractivity contribution < 1.29 is 4.39 Å². The second-order valence-corrected chi connectivity index (χ2v) is 4.10. The highest BCUT2D eigenvalue weighted by molar-refractivity contribution is 7.80. The van der Waals surface area contributed by atoms with Crippen LogP contribution in [0.15, 0.2) is 24.3 Å². The first-order chi connectivity index (χ1) is 7.25. The van der Waals surface area contributed by atoms with Crippen LogP contribution in [0.25, 0.3) is 0 Å². The van der Waals surface area contributed by atoms with E-state index in [1.165, 1.54) is 18.9 Å². The van der Waals surface area contributed by atoms with Crippen LogP contribution in [0.3, 0.4) is 0 Å². The van der Waals surface area contributed by atoms with Crippen LogP contribution < -0.4 is 10.6 Å². The molecule has 0 atom stereocenters. The summed E-state index contributed by atoms with van der Waals surface area (Å²) in [7, 11) is 0. The third-order valence-electron chi connectivity index (χ3n) is 2.31. The van der Waals surface area contributed by atoms with Gasteiger partial charge in [-0.2, -0.15) is 0 Å². The van der Waals surface area contributed by atoms with Crippen LogP contribution >= 0.6 is 12.2 Å². The molecule has 1 saturated carbocycles. The van der Waals surface area contributed by atoms with E-state index in [9.17, 15) is 4.39 Å². The van der Waals surface area contributed by atoms with Gasteiger partial charge in [0, 0.05) is 18.2 Å². The molecule has 1 aromatic rings. The fraction of sp³-hybridized carbons (Fsp3) is 0.364. The number of thiocarbonyl (C=S) groups is 1. The minimum atomic E-state index is -0.195. The molecule has 0 bridgehead atoms. The Morgan fingerprint density at radius 3 is 2.80 bits per heavy atom. The summed E-state index contributed by atoms with van der Waals surface area (Å²) >= 11 is 5.07. The predicted octanol–water partition coefficient (Wildman–Crippen LogP) is 1.95. The molecule has 1 aromatic carbocycles. The summed E-state index contributed by atoms with van der Waals surface area (Å²) < 4.78 is 13.2. The van der Waals surface area contributed by atoms with Gasteiger partial charge >= 0.3 is 0 Å². The van der Waals surface area contributed by atoms with Crippen molar-refractivity contribution in [3.05, 3.63) is 35.6 Å². The van der Waals surface area contributed by atoms with E-state index in [0.717, 1.165) is 0 Å². The smallest absolute Gasteiger partial charge is 0.166 e. The first-order valence-electron chi connectivity index (χ1n) is 5.03. The zero-order chi connectivity index (χ0) is 10.7. The van der Waals surface area contributed by atoms with Crippen LogP contribution in [0.4, 0.5) is 4.39 Å². The molecular formula is C11H13FN2S. The van der Waals surface area contributed by atoms with E-state index in [4.69, 9.17) is 12.2 Å². The van der Waals surface area contributed by atoms with Crippen molar-refractivity contribution in [3.63, 3.8) is 0 Å². The monoisotopic (exact) mass is 224 g/mol. The lowest BCUT2D eigenvalue weighted by Gasteiger charge is -2.09. The molecule has 1 aliphatic carbocycles. The van der Waals surface area contributed by atoms with Crippen LogP contribution in [0, 0.1) is 5.82 Å². The van der Waals surface area contributed by atoms with Crippen LogP contribution in [-0.4, -0.2) is 11.2 Å². The van der Waals surface area contributed by atoms with Crippen molar-refractivity contribution in [3.8, 4) is 0 Å². The van der Waals surface area contributed by atoms with Gasteiger partial charge in [0.1, 0.15) is 5.82 Å². The molecule has 0 saturated heterocycles. The summed E-state index contributed by atoms with van der Waals surface area (Å²) in [5, 5.41) is 6.74. The lowest BCUT2D eigenvalue weighted by Crippen LogP contribution is -2.36. The number of halogens is 1. The highest BCUT2D eigenvalue weighted by Gasteiger charge is 2.21. The Morgan fingerprint density at radius 1 is 1.40 bits per heavy atom. The highest BCUT2D eigenvalue weighted by Crippen LogP contribution is 2.18. The van der Waals surface area contributed by atoms with E-state index in [2.05, 4.69) is 10.6 Å². The molecule has 4 heteroatoms. The van der Waals surface area contributed by atoms with Gasteiger partial charge in [0.2, 0.25) is 0 Å². The lowest BCUT2D eigenvalue weighted by atomic mass is 10.2. The first kappa shape index (κ1) is 10.4. The Balaban J connectivity index is 1.81. The molecule has 0 aromatic heterocycles. The average Bonchev–Trinajstić information content (AvgIpc) is 3.00. The Morgan fingerprint density at radius 2 is 2.13 bits per heavy atom. The molecule has 0 amide bonds. The molecule has 2 nitrogen and oxygen atoms in total. The summed E-state index contributed by atoms with van der Waals surface area (Å²) in [6, 6.07) is 7.23. The van der Waals surface area contributed by atoms with Gasteiger partial charge in [0.15, 0.2) is 5.11 Å². The Labute approximate surface area is 93.9 Å². The van der Waals surface area contributed by atoms with E-state index in [1.54, 1.807) is 12.1 Å². The molecule has 1 aliphatic rings. The second-order valence-electron chi connectivity index (χ2n) is 3.69. The quantitative estimate of drug-likeness (QED) is 0.767. The van der Waals surface area contributed by atoms with E-state index in [-0.39, 0.29) is 5.82 Å². The van der Waals surface area contributed by atoms with Crippen LogP contribution in [0.1, 0.15) is 18.4 Å². The van der Waals surface area contributed by atoms with E-state index in [1.807, 2.05) is 6.07 Å². The lowest BCUT2D eigenvalue weighted by molar-refractivity contribution is 0.605. The van der Waals surface area contributed by atoms with Crippen molar-refractivity contribution in [1.82, 2.24) is 10.6 Å². The van der Waals surface area contributed by atoms with Crippen LogP contribution in [0.2, 0.25) is 0 Å². The normalized spacial score (nSPS) is 14.7. The minimum absolute atomic E-state index is 0.195. The van der Waals surface area contributed by atoms with E-state index < -0.39 is 0 Å². The van der Waals surface area contributed by atoms with Gasteiger partial charge in [0.25, 0.3) is 0 Å². The van der Waals surface area contributed by atoms with Gasteiger partial charge in [0.05, 0.1) is 0 Å². The zero-order valence-corrected chi connectivity index (χ0v) is 9.11. The average molecular weight is 224 g/mol. The largest absolute Gasteiger partial charge is 0.360 e. The topological polar surface area (TPSA) is 24.1 Å². The van der Waals surface area contributed by atoms with Crippen molar-refractivity contribution in [2.45, 2.75) is 25.4 Å². The maximum absolute atomic E-state index is 13.2. The molecule has 0 heterocycles. The van der Waals surface area contributed by atoms with E-state index in [0.29, 0.717) is 23.3 Å². The maximum Gasteiger partial charge on any atom is 0.166 e. The van der Waals surface area contributed by atoms with Crippen LogP contribution in [-0.2, 0) is 6.54 Å². The highest BCUT2D eigenvalue weighted by atomic mass is 32.1. The van der Waals surface area contributed by atoms with Gasteiger partial charge in [-0.15, -0.1) is 0 Å². The SMILES string of the molecule is Fc1ccccc1CNC(=S)NC1CC1. The van der Waals surface area contributed by atoms with Gasteiger partial charge in [-0.1, -0.05) is 18.2 Å². The van der Waals surface area contributed by atoms with Gasteiger partial charge in [-0.25, -0.2) is 4.39 Å². The summed E-state index contributed by atoms with van der Waals surface area (Å²) in [6.45, 7) is 0.436. The molecule has 0 aliphatic heterocycles. The third kappa shape index (κ3) is 3.16. The van der Waals surface area contributed by atoms with Gasteiger partial charge in [-0.3, -0.25) is 0 Å². The second kappa shape index (κ2) is 4.57. The van der Waals surface area contributed by atoms with Gasteiger partial charge < -0.3 is 10.6 Å². The van der Waals surface area contributed by atoms with Crippen LogP contribution in [0.5, 0.6) is 0 Å². The number of hydrogen-bond acceptors (Lipinski definition) is 1. The number of rotatable bonds is 3. The van der Waals surface area contributed by atoms with Crippen molar-refractivity contribution in [1.29, 1.82) is 0 Å². The first-order valence-corrected chi connectivity index (χ1v) is 5.44. The molecule has 1 fully saturated rings. The molecule has 0 unspecified atom stereocenters. The summed E-state index contributed by atoms with van der Waals surface area (Å²) in [5.74, 6) is -0.195. The fourth-order valence-electron chi connectivity index (χ4n) is 1.28. The summed E-state index contributed by atoms with van der Waals surface area (Å²) in [4.78, 5) is 0. The maximum atomic E-state index is 13.2. The fourth-order valence-corrected chi connectivity index (χ4v) is 1.52. The predicted molar refractivity (Wildman–Crippen MR) is 62.0 cm³/mol. The number of nitrogens with one attached hydrogen (secondary N) is 2. The van der Waals surface area contributed by atoms with Crippen molar-refractivity contribution in [2.75, 3.05) is 0 Å². The third-order valence-corrected chi connectivity index (χ3v) is 2.57. The Hall–Kier alpha value is -1.16. The Bertz CT molecular complexity index is 363. The molecule has 0 spiro atoms. The van der Waals surface area contributed by atoms with Crippen molar-refractivity contribution in [2.24, 2.45) is 0 Å². The van der Waals surface area contributed by atoms with Crippen molar-refractivity contribution >= 4 is 17.3 Å². The molecule has 2 N–H and O–H groups in total. The minimum Gasteiger partial charge on any atom is -0.360 e. The molecular weight excluding hydrogens is 211 g/mol.